The van der Waals surface area contributed by atoms with Crippen molar-refractivity contribution < 1.29 is 18.4 Å². The number of para-hydroxylation sites is 1. The number of carbonyl (C=O) groups is 2. The van der Waals surface area contributed by atoms with Gasteiger partial charge in [-0.15, -0.1) is 0 Å². The molecule has 0 atom stereocenters. The summed E-state index contributed by atoms with van der Waals surface area (Å²) in [6, 6.07) is 12.8. The van der Waals surface area contributed by atoms with E-state index in [1.54, 1.807) is 35.2 Å². The summed E-state index contributed by atoms with van der Waals surface area (Å²) >= 11 is 0. The molecule has 1 aromatic heterocycles. The molecule has 156 valence electrons. The predicted molar refractivity (Wildman–Crippen MR) is 113 cm³/mol. The van der Waals surface area contributed by atoms with Crippen LogP contribution >= 0.6 is 0 Å². The highest BCUT2D eigenvalue weighted by molar-refractivity contribution is 6.14. The summed E-state index contributed by atoms with van der Waals surface area (Å²) in [7, 11) is 0. The van der Waals surface area contributed by atoms with E-state index < -0.39 is 11.7 Å². The Morgan fingerprint density at radius 3 is 2.47 bits per heavy atom. The third-order valence-electron chi connectivity index (χ3n) is 5.35. The molecule has 0 unspecified atom stereocenters. The summed E-state index contributed by atoms with van der Waals surface area (Å²) in [6.07, 6.45) is 1.07. The van der Waals surface area contributed by atoms with E-state index in [1.165, 1.54) is 18.2 Å². The first-order chi connectivity index (χ1) is 14.6. The Kier molecular flexibility index (Phi) is 5.81. The molecular formula is C23H24FN3O3. The molecule has 7 heteroatoms. The smallest absolute Gasteiger partial charge is 0.291 e. The van der Waals surface area contributed by atoms with E-state index in [0.29, 0.717) is 24.1 Å². The molecule has 1 aliphatic rings. The number of anilines is 1. The highest BCUT2D eigenvalue weighted by Crippen LogP contribution is 2.32. The molecule has 4 rings (SSSR count). The van der Waals surface area contributed by atoms with E-state index in [0.717, 1.165) is 26.1 Å². The molecule has 30 heavy (non-hydrogen) atoms. The lowest BCUT2D eigenvalue weighted by atomic mass is 10.1. The molecule has 0 saturated carbocycles. The van der Waals surface area contributed by atoms with Gasteiger partial charge in [0.25, 0.3) is 11.8 Å². The van der Waals surface area contributed by atoms with E-state index in [1.807, 2.05) is 0 Å². The second-order valence-corrected chi connectivity index (χ2v) is 7.37. The number of amides is 2. The van der Waals surface area contributed by atoms with Crippen LogP contribution in [0.25, 0.3) is 11.0 Å². The van der Waals surface area contributed by atoms with Gasteiger partial charge in [0.2, 0.25) is 5.76 Å². The molecule has 0 aliphatic carbocycles. The van der Waals surface area contributed by atoms with Gasteiger partial charge in [-0.1, -0.05) is 31.2 Å². The first-order valence-electron chi connectivity index (χ1n) is 10.2. The fourth-order valence-corrected chi connectivity index (χ4v) is 3.78. The SMILES string of the molecule is CCCN1CCN(C(=O)c2oc3ccccc3c2NC(=O)c2ccccc2F)CC1. The van der Waals surface area contributed by atoms with Crippen molar-refractivity contribution >= 4 is 28.5 Å². The molecule has 1 saturated heterocycles. The Bertz CT molecular complexity index is 1070. The molecule has 1 fully saturated rings. The van der Waals surface area contributed by atoms with E-state index in [4.69, 9.17) is 4.42 Å². The number of hydrogen-bond donors (Lipinski definition) is 1. The second-order valence-electron chi connectivity index (χ2n) is 7.37. The van der Waals surface area contributed by atoms with Crippen LogP contribution in [0, 0.1) is 5.82 Å². The average molecular weight is 409 g/mol. The Hall–Kier alpha value is -3.19. The molecule has 0 spiro atoms. The number of furan rings is 1. The molecule has 0 bridgehead atoms. The number of piperazine rings is 1. The fraction of sp³-hybridized carbons (Fsp3) is 0.304. The number of carbonyl (C=O) groups excluding carboxylic acids is 2. The van der Waals surface area contributed by atoms with Crippen molar-refractivity contribution in [2.24, 2.45) is 0 Å². The molecule has 1 N–H and O–H groups in total. The number of benzene rings is 2. The van der Waals surface area contributed by atoms with Gasteiger partial charge in [0.15, 0.2) is 0 Å². The second kappa shape index (κ2) is 8.67. The van der Waals surface area contributed by atoms with Crippen LogP contribution in [-0.4, -0.2) is 54.3 Å². The van der Waals surface area contributed by atoms with Crippen LogP contribution in [0.5, 0.6) is 0 Å². The Labute approximate surface area is 174 Å². The molecule has 2 heterocycles. The van der Waals surface area contributed by atoms with Crippen molar-refractivity contribution in [3.8, 4) is 0 Å². The van der Waals surface area contributed by atoms with Crippen molar-refractivity contribution in [1.29, 1.82) is 0 Å². The van der Waals surface area contributed by atoms with Gasteiger partial charge in [-0.05, 0) is 37.2 Å². The molecule has 2 amide bonds. The van der Waals surface area contributed by atoms with Crippen molar-refractivity contribution in [3.05, 3.63) is 65.7 Å². The summed E-state index contributed by atoms with van der Waals surface area (Å²) in [5.74, 6) is -1.44. The Morgan fingerprint density at radius 1 is 1.03 bits per heavy atom. The zero-order valence-electron chi connectivity index (χ0n) is 16.9. The standard InChI is InChI=1S/C23H24FN3O3/c1-2-11-26-12-14-27(15-13-26)23(29)21-20(17-8-4-6-10-19(17)30-21)25-22(28)16-7-3-5-9-18(16)24/h3-10H,2,11-15H2,1H3,(H,25,28). The molecule has 0 radical (unpaired) electrons. The minimum atomic E-state index is -0.624. The van der Waals surface area contributed by atoms with Crippen LogP contribution < -0.4 is 5.32 Å². The summed E-state index contributed by atoms with van der Waals surface area (Å²) in [5, 5.41) is 3.32. The lowest BCUT2D eigenvalue weighted by Gasteiger charge is -2.34. The number of nitrogens with one attached hydrogen (secondary N) is 1. The minimum absolute atomic E-state index is 0.0739. The Morgan fingerprint density at radius 2 is 1.73 bits per heavy atom. The van der Waals surface area contributed by atoms with E-state index in [-0.39, 0.29) is 22.9 Å². The molecule has 3 aromatic rings. The minimum Gasteiger partial charge on any atom is -0.449 e. The number of fused-ring (bicyclic) bond motifs is 1. The normalized spacial score (nSPS) is 14.8. The summed E-state index contributed by atoms with van der Waals surface area (Å²) in [6.45, 7) is 5.94. The fourth-order valence-electron chi connectivity index (χ4n) is 3.78. The maximum absolute atomic E-state index is 14.1. The monoisotopic (exact) mass is 409 g/mol. The van der Waals surface area contributed by atoms with Gasteiger partial charge in [-0.3, -0.25) is 14.5 Å². The quantitative estimate of drug-likeness (QED) is 0.692. The van der Waals surface area contributed by atoms with Crippen LogP contribution in [-0.2, 0) is 0 Å². The van der Waals surface area contributed by atoms with Crippen molar-refractivity contribution in [2.75, 3.05) is 38.0 Å². The third-order valence-corrected chi connectivity index (χ3v) is 5.35. The maximum Gasteiger partial charge on any atom is 0.291 e. The van der Waals surface area contributed by atoms with Gasteiger partial charge < -0.3 is 14.6 Å². The van der Waals surface area contributed by atoms with Crippen LogP contribution in [0.1, 0.15) is 34.3 Å². The maximum atomic E-state index is 14.1. The number of nitrogens with zero attached hydrogens (tertiary/aromatic N) is 2. The average Bonchev–Trinajstić information content (AvgIpc) is 3.13. The van der Waals surface area contributed by atoms with Crippen LogP contribution in [0.2, 0.25) is 0 Å². The number of rotatable bonds is 5. The zero-order valence-corrected chi connectivity index (χ0v) is 16.9. The van der Waals surface area contributed by atoms with E-state index in [2.05, 4.69) is 17.1 Å². The lowest BCUT2D eigenvalue weighted by Crippen LogP contribution is -2.48. The predicted octanol–water partition coefficient (Wildman–Crippen LogP) is 3.99. The van der Waals surface area contributed by atoms with Crippen LogP contribution in [0.3, 0.4) is 0 Å². The van der Waals surface area contributed by atoms with Gasteiger partial charge in [-0.2, -0.15) is 0 Å². The molecule has 2 aromatic carbocycles. The van der Waals surface area contributed by atoms with Gasteiger partial charge in [0.1, 0.15) is 17.1 Å². The van der Waals surface area contributed by atoms with Gasteiger partial charge in [0.05, 0.1) is 5.56 Å². The van der Waals surface area contributed by atoms with Crippen LogP contribution in [0.4, 0.5) is 10.1 Å². The van der Waals surface area contributed by atoms with Crippen molar-refractivity contribution in [3.63, 3.8) is 0 Å². The number of hydrogen-bond acceptors (Lipinski definition) is 4. The lowest BCUT2D eigenvalue weighted by molar-refractivity contribution is 0.0610. The summed E-state index contributed by atoms with van der Waals surface area (Å²) in [4.78, 5) is 30.0. The molecular weight excluding hydrogens is 385 g/mol. The zero-order chi connectivity index (χ0) is 21.1. The first-order valence-corrected chi connectivity index (χ1v) is 10.2. The Balaban J connectivity index is 1.63. The van der Waals surface area contributed by atoms with Crippen LogP contribution in [0.15, 0.2) is 52.9 Å². The number of halogens is 1. The molecule has 1 aliphatic heterocycles. The summed E-state index contributed by atoms with van der Waals surface area (Å²) in [5.41, 5.74) is 0.684. The highest BCUT2D eigenvalue weighted by Gasteiger charge is 2.29. The van der Waals surface area contributed by atoms with E-state index in [9.17, 15) is 14.0 Å². The highest BCUT2D eigenvalue weighted by atomic mass is 19.1. The van der Waals surface area contributed by atoms with Crippen molar-refractivity contribution in [1.82, 2.24) is 9.80 Å². The van der Waals surface area contributed by atoms with Crippen molar-refractivity contribution in [2.45, 2.75) is 13.3 Å². The third kappa shape index (κ3) is 3.93. The first kappa shape index (κ1) is 20.1. The molecule has 6 nitrogen and oxygen atoms in total. The topological polar surface area (TPSA) is 65.8 Å². The largest absolute Gasteiger partial charge is 0.449 e. The van der Waals surface area contributed by atoms with Gasteiger partial charge >= 0.3 is 0 Å². The van der Waals surface area contributed by atoms with Gasteiger partial charge in [0, 0.05) is 31.6 Å². The summed E-state index contributed by atoms with van der Waals surface area (Å²) < 4.78 is 19.9. The van der Waals surface area contributed by atoms with Gasteiger partial charge in [-0.25, -0.2) is 4.39 Å². The van der Waals surface area contributed by atoms with E-state index >= 15 is 0 Å².